The Bertz CT molecular complexity index is 1680. The van der Waals surface area contributed by atoms with Crippen LogP contribution in [0.15, 0.2) is 48.8 Å². The molecule has 1 N–H and O–H groups in total. The number of aromatic nitrogens is 3. The molecule has 2 saturated heterocycles. The van der Waals surface area contributed by atoms with Gasteiger partial charge in [-0.1, -0.05) is 48.3 Å². The third-order valence-electron chi connectivity index (χ3n) is 8.66. The van der Waals surface area contributed by atoms with E-state index < -0.39 is 11.0 Å². The van der Waals surface area contributed by atoms with Crippen molar-refractivity contribution in [2.45, 2.75) is 45.8 Å². The summed E-state index contributed by atoms with van der Waals surface area (Å²) in [5.41, 5.74) is 3.84. The van der Waals surface area contributed by atoms with Gasteiger partial charge in [0.15, 0.2) is 0 Å². The number of rotatable bonds is 9. The Morgan fingerprint density at radius 1 is 1.04 bits per heavy atom. The average molecular weight is 671 g/mol. The molecule has 2 aromatic heterocycles. The number of hydrogen-bond donors (Lipinski definition) is 1. The highest BCUT2D eigenvalue weighted by Crippen LogP contribution is 2.40. The van der Waals surface area contributed by atoms with Crippen molar-refractivity contribution in [3.05, 3.63) is 58.8 Å². The van der Waals surface area contributed by atoms with Gasteiger partial charge in [0.25, 0.3) is 0 Å². The lowest BCUT2D eigenvalue weighted by molar-refractivity contribution is 0.0981. The van der Waals surface area contributed by atoms with E-state index in [1.54, 1.807) is 10.2 Å². The Labute approximate surface area is 278 Å². The van der Waals surface area contributed by atoms with Gasteiger partial charge in [0.05, 0.1) is 44.9 Å². The minimum atomic E-state index is -1.21. The molecular weight excluding hydrogens is 629 g/mol. The Morgan fingerprint density at radius 2 is 1.78 bits per heavy atom. The van der Waals surface area contributed by atoms with Crippen LogP contribution in [-0.4, -0.2) is 92.2 Å². The number of ether oxygens (including phenoxy) is 1. The second-order valence-corrected chi connectivity index (χ2v) is 14.5. The van der Waals surface area contributed by atoms with Crippen molar-refractivity contribution in [1.29, 1.82) is 0 Å². The minimum Gasteiger partial charge on any atom is -0.489 e. The summed E-state index contributed by atoms with van der Waals surface area (Å²) in [5.74, 6) is 1.61. The Morgan fingerprint density at radius 3 is 2.49 bits per heavy atom. The maximum Gasteiger partial charge on any atom is 0.227 e. The molecule has 6 rings (SSSR count). The normalized spacial score (nSPS) is 17.7. The van der Waals surface area contributed by atoms with Crippen LogP contribution in [0.4, 0.5) is 17.3 Å². The van der Waals surface area contributed by atoms with Gasteiger partial charge in [-0.3, -0.25) is 8.87 Å². The highest BCUT2D eigenvalue weighted by molar-refractivity contribution is 7.83. The van der Waals surface area contributed by atoms with Gasteiger partial charge in [-0.05, 0) is 45.9 Å². The molecule has 2 fully saturated rings. The summed E-state index contributed by atoms with van der Waals surface area (Å²) < 4.78 is 20.9. The van der Waals surface area contributed by atoms with Gasteiger partial charge in [0.2, 0.25) is 5.95 Å². The summed E-state index contributed by atoms with van der Waals surface area (Å²) >= 11 is 13.6. The highest BCUT2D eigenvalue weighted by Gasteiger charge is 2.28. The second-order valence-electron chi connectivity index (χ2n) is 12.0. The molecule has 4 aromatic rings. The van der Waals surface area contributed by atoms with Crippen LogP contribution >= 0.6 is 23.2 Å². The van der Waals surface area contributed by atoms with Crippen LogP contribution in [0, 0.1) is 0 Å². The summed E-state index contributed by atoms with van der Waals surface area (Å²) in [6.07, 6.45) is 5.65. The van der Waals surface area contributed by atoms with Crippen molar-refractivity contribution in [3.8, 4) is 17.0 Å². The van der Waals surface area contributed by atoms with E-state index in [1.807, 2.05) is 63.4 Å². The largest absolute Gasteiger partial charge is 0.489 e. The predicted octanol–water partition coefficient (Wildman–Crippen LogP) is 6.68. The maximum absolute atomic E-state index is 12.8. The molecule has 9 nitrogen and oxygen atoms in total. The lowest BCUT2D eigenvalue weighted by Crippen LogP contribution is -2.52. The van der Waals surface area contributed by atoms with E-state index in [0.29, 0.717) is 39.2 Å². The molecule has 2 aliphatic heterocycles. The summed E-state index contributed by atoms with van der Waals surface area (Å²) in [7, 11) is 0.996. The summed E-state index contributed by atoms with van der Waals surface area (Å²) in [6.45, 7) is 12.4. The van der Waals surface area contributed by atoms with E-state index in [4.69, 9.17) is 32.9 Å². The SMILES string of the molecule is CCS(=O)n1cc(-c2nc(Nc3cc(OC(C)C)c(N4CCC(N5CCN(C)CC5)CC4)cc3Cl)ncc2Cl)c2ccccc21. The number of nitrogens with zero attached hydrogens (tertiary/aromatic N) is 6. The predicted molar refractivity (Wildman–Crippen MR) is 187 cm³/mol. The van der Waals surface area contributed by atoms with Crippen LogP contribution in [-0.2, 0) is 11.0 Å². The molecule has 4 heterocycles. The molecule has 0 spiro atoms. The quantitative estimate of drug-likeness (QED) is 0.211. The molecule has 1 unspecified atom stereocenters. The average Bonchev–Trinajstić information content (AvgIpc) is 3.43. The molecule has 0 aliphatic carbocycles. The zero-order valence-corrected chi connectivity index (χ0v) is 28.6. The van der Waals surface area contributed by atoms with Crippen LogP contribution < -0.4 is 15.0 Å². The van der Waals surface area contributed by atoms with E-state index in [2.05, 4.69) is 32.0 Å². The molecule has 0 amide bonds. The van der Waals surface area contributed by atoms with Gasteiger partial charge in [-0.15, -0.1) is 0 Å². The highest BCUT2D eigenvalue weighted by atomic mass is 35.5. The fraction of sp³-hybridized carbons (Fsp3) is 0.455. The lowest BCUT2D eigenvalue weighted by Gasteiger charge is -2.43. The van der Waals surface area contributed by atoms with Crippen molar-refractivity contribution >= 4 is 62.4 Å². The smallest absolute Gasteiger partial charge is 0.227 e. The topological polar surface area (TPSA) is 78.8 Å². The van der Waals surface area contributed by atoms with Crippen LogP contribution in [0.1, 0.15) is 33.6 Å². The molecule has 1 atom stereocenters. The third kappa shape index (κ3) is 6.95. The van der Waals surface area contributed by atoms with Crippen molar-refractivity contribution in [1.82, 2.24) is 23.7 Å². The molecule has 2 aromatic carbocycles. The molecule has 2 aliphatic rings. The third-order valence-corrected chi connectivity index (χ3v) is 10.5. The van der Waals surface area contributed by atoms with Gasteiger partial charge >= 0.3 is 0 Å². The zero-order chi connectivity index (χ0) is 31.7. The second kappa shape index (κ2) is 13.8. The first kappa shape index (κ1) is 32.1. The van der Waals surface area contributed by atoms with Crippen LogP contribution in [0.2, 0.25) is 10.0 Å². The summed E-state index contributed by atoms with van der Waals surface area (Å²) in [5, 5.41) is 5.17. The number of piperazine rings is 1. The van der Waals surface area contributed by atoms with Crippen molar-refractivity contribution in [2.24, 2.45) is 0 Å². The van der Waals surface area contributed by atoms with Crippen LogP contribution in [0.25, 0.3) is 22.2 Å². The maximum atomic E-state index is 12.8. The number of piperidine rings is 1. The first-order chi connectivity index (χ1) is 21.7. The van der Waals surface area contributed by atoms with Crippen LogP contribution in [0.3, 0.4) is 0 Å². The van der Waals surface area contributed by atoms with Gasteiger partial charge in [-0.25, -0.2) is 14.2 Å². The first-order valence-corrected chi connectivity index (χ1v) is 17.7. The first-order valence-electron chi connectivity index (χ1n) is 15.7. The van der Waals surface area contributed by atoms with Crippen molar-refractivity contribution < 1.29 is 8.95 Å². The monoisotopic (exact) mass is 669 g/mol. The molecule has 45 heavy (non-hydrogen) atoms. The number of likely N-dealkylation sites (N-methyl/N-ethyl adjacent to an activating group) is 1. The standard InChI is InChI=1S/C33H41Cl2N7O2S/c1-5-45(43)42-21-25(24-8-6-7-9-29(24)42)32-27(35)20-36-33(38-32)37-28-19-31(44-22(2)3)30(18-26(28)34)41-12-10-23(11-13-41)40-16-14-39(4)15-17-40/h6-9,18-23H,5,10-17H2,1-4H3,(H,36,37,38). The fourth-order valence-corrected chi connectivity index (χ4v) is 7.55. The minimum absolute atomic E-state index is 0.00923. The Kier molecular flexibility index (Phi) is 9.87. The Balaban J connectivity index is 1.26. The summed E-state index contributed by atoms with van der Waals surface area (Å²) in [4.78, 5) is 16.7. The molecule has 240 valence electrons. The van der Waals surface area contributed by atoms with Gasteiger partial charge in [0, 0.05) is 74.3 Å². The van der Waals surface area contributed by atoms with Crippen molar-refractivity contribution in [3.63, 3.8) is 0 Å². The zero-order valence-electron chi connectivity index (χ0n) is 26.3. The molecule has 12 heteroatoms. The molecular formula is C33H41Cl2N7O2S. The van der Waals surface area contributed by atoms with E-state index in [0.717, 1.165) is 80.0 Å². The fourth-order valence-electron chi connectivity index (χ4n) is 6.28. The number of halogens is 2. The van der Waals surface area contributed by atoms with E-state index in [-0.39, 0.29) is 6.10 Å². The van der Waals surface area contributed by atoms with Crippen LogP contribution in [0.5, 0.6) is 5.75 Å². The number of hydrogen-bond acceptors (Lipinski definition) is 8. The number of nitrogens with one attached hydrogen (secondary N) is 1. The number of anilines is 3. The number of fused-ring (bicyclic) bond motifs is 1. The van der Waals surface area contributed by atoms with E-state index in [1.165, 1.54) is 0 Å². The van der Waals surface area contributed by atoms with Crippen molar-refractivity contribution in [2.75, 3.05) is 62.3 Å². The summed E-state index contributed by atoms with van der Waals surface area (Å²) in [6, 6.07) is 12.4. The molecule has 0 saturated carbocycles. The number of benzene rings is 2. The van der Waals surface area contributed by atoms with E-state index in [9.17, 15) is 4.21 Å². The van der Waals surface area contributed by atoms with Gasteiger partial charge < -0.3 is 19.9 Å². The molecule has 0 bridgehead atoms. The van der Waals surface area contributed by atoms with Gasteiger partial charge in [-0.2, -0.15) is 0 Å². The lowest BCUT2D eigenvalue weighted by atomic mass is 10.0. The molecule has 0 radical (unpaired) electrons. The van der Waals surface area contributed by atoms with Gasteiger partial charge in [0.1, 0.15) is 16.7 Å². The Hall–Kier alpha value is -2.89. The van der Waals surface area contributed by atoms with E-state index >= 15 is 0 Å². The number of para-hydroxylation sites is 1.